The molecule has 0 amide bonds. The quantitative estimate of drug-likeness (QED) is 0.587. The molecule has 0 aromatic heterocycles. The lowest BCUT2D eigenvalue weighted by molar-refractivity contribution is -0.136. The molecule has 4 bridgehead atoms. The average Bonchev–Trinajstić information content (AvgIpc) is 2.07. The Hall–Kier alpha value is -0.110. The summed E-state index contributed by atoms with van der Waals surface area (Å²) in [6.07, 6.45) is 3.17. The SMILES string of the molecule is O[C@H]1[C@@H]2C[C@H]3C[C@@H](C2)[C@H](F)[C@@H]1C3. The fourth-order valence-electron chi connectivity index (χ4n) is 3.81. The van der Waals surface area contributed by atoms with Gasteiger partial charge < -0.3 is 5.11 Å². The van der Waals surface area contributed by atoms with Crippen molar-refractivity contribution in [2.24, 2.45) is 23.7 Å². The largest absolute Gasteiger partial charge is 0.392 e. The molecule has 4 saturated carbocycles. The van der Waals surface area contributed by atoms with Gasteiger partial charge in [0.2, 0.25) is 0 Å². The third kappa shape index (κ3) is 0.769. The molecule has 1 N–H and O–H groups in total. The van der Waals surface area contributed by atoms with Crippen molar-refractivity contribution in [2.75, 3.05) is 0 Å². The first-order valence-electron chi connectivity index (χ1n) is 5.08. The van der Waals surface area contributed by atoms with E-state index in [1.165, 1.54) is 6.42 Å². The van der Waals surface area contributed by atoms with Crippen LogP contribution in [0.1, 0.15) is 25.7 Å². The smallest absolute Gasteiger partial charge is 0.108 e. The van der Waals surface area contributed by atoms with E-state index in [1.807, 2.05) is 0 Å². The number of halogens is 1. The van der Waals surface area contributed by atoms with Gasteiger partial charge >= 0.3 is 0 Å². The minimum absolute atomic E-state index is 0.00116. The van der Waals surface area contributed by atoms with Crippen LogP contribution < -0.4 is 0 Å². The number of rotatable bonds is 0. The number of hydrogen-bond donors (Lipinski definition) is 1. The van der Waals surface area contributed by atoms with E-state index in [1.54, 1.807) is 0 Å². The average molecular weight is 170 g/mol. The molecule has 0 aliphatic heterocycles. The first-order chi connectivity index (χ1) is 5.75. The Kier molecular flexibility index (Phi) is 1.35. The highest BCUT2D eigenvalue weighted by atomic mass is 19.1. The fourth-order valence-corrected chi connectivity index (χ4v) is 3.81. The van der Waals surface area contributed by atoms with Crippen LogP contribution in [0.3, 0.4) is 0 Å². The highest BCUT2D eigenvalue weighted by Gasteiger charge is 2.53. The Labute approximate surface area is 72.0 Å². The summed E-state index contributed by atoms with van der Waals surface area (Å²) in [6, 6.07) is 0. The van der Waals surface area contributed by atoms with Crippen molar-refractivity contribution in [3.05, 3.63) is 0 Å². The maximum atomic E-state index is 13.6. The van der Waals surface area contributed by atoms with Gasteiger partial charge in [0.05, 0.1) is 6.10 Å². The summed E-state index contributed by atoms with van der Waals surface area (Å²) >= 11 is 0. The molecular formula is C10H15FO. The van der Waals surface area contributed by atoms with E-state index < -0.39 is 6.17 Å². The van der Waals surface area contributed by atoms with Crippen molar-refractivity contribution in [3.8, 4) is 0 Å². The van der Waals surface area contributed by atoms with E-state index in [0.717, 1.165) is 25.2 Å². The van der Waals surface area contributed by atoms with E-state index in [2.05, 4.69) is 0 Å². The van der Waals surface area contributed by atoms with Crippen LogP contribution in [-0.4, -0.2) is 17.4 Å². The van der Waals surface area contributed by atoms with Gasteiger partial charge in [-0.25, -0.2) is 4.39 Å². The van der Waals surface area contributed by atoms with E-state index >= 15 is 0 Å². The van der Waals surface area contributed by atoms with Crippen molar-refractivity contribution >= 4 is 0 Å². The molecule has 12 heavy (non-hydrogen) atoms. The summed E-state index contributed by atoms with van der Waals surface area (Å²) in [5.41, 5.74) is 0. The maximum absolute atomic E-state index is 13.6. The van der Waals surface area contributed by atoms with Gasteiger partial charge in [0.15, 0.2) is 0 Å². The molecule has 0 radical (unpaired) electrons. The maximum Gasteiger partial charge on any atom is 0.108 e. The van der Waals surface area contributed by atoms with Crippen LogP contribution in [0.4, 0.5) is 4.39 Å². The van der Waals surface area contributed by atoms with Crippen LogP contribution in [0.25, 0.3) is 0 Å². The van der Waals surface area contributed by atoms with Gasteiger partial charge in [-0.1, -0.05) is 0 Å². The fraction of sp³-hybridized carbons (Fsp3) is 1.00. The van der Waals surface area contributed by atoms with Crippen LogP contribution in [0.2, 0.25) is 0 Å². The molecule has 68 valence electrons. The molecule has 4 aliphatic carbocycles. The van der Waals surface area contributed by atoms with E-state index in [4.69, 9.17) is 0 Å². The summed E-state index contributed by atoms with van der Waals surface area (Å²) in [4.78, 5) is 0. The topological polar surface area (TPSA) is 20.2 Å². The highest BCUT2D eigenvalue weighted by Crippen LogP contribution is 2.54. The number of hydrogen-bond acceptors (Lipinski definition) is 1. The molecule has 0 saturated heterocycles. The van der Waals surface area contributed by atoms with E-state index in [-0.39, 0.29) is 12.0 Å². The molecule has 4 aliphatic rings. The van der Waals surface area contributed by atoms with Crippen molar-refractivity contribution in [2.45, 2.75) is 38.0 Å². The molecule has 1 nitrogen and oxygen atoms in total. The Morgan fingerprint density at radius 2 is 1.75 bits per heavy atom. The zero-order valence-electron chi connectivity index (χ0n) is 7.12. The second-order valence-electron chi connectivity index (χ2n) is 4.93. The summed E-state index contributed by atoms with van der Waals surface area (Å²) in [6.45, 7) is 0. The first-order valence-corrected chi connectivity index (χ1v) is 5.08. The molecule has 0 aromatic rings. The highest BCUT2D eigenvalue weighted by molar-refractivity contribution is 5.02. The number of aliphatic hydroxyl groups excluding tert-OH is 1. The molecule has 0 unspecified atom stereocenters. The van der Waals surface area contributed by atoms with Gasteiger partial charge in [-0.2, -0.15) is 0 Å². The zero-order chi connectivity index (χ0) is 8.29. The lowest BCUT2D eigenvalue weighted by Gasteiger charge is -2.54. The number of aliphatic hydroxyl groups is 1. The summed E-state index contributed by atoms with van der Waals surface area (Å²) in [5, 5.41) is 9.76. The van der Waals surface area contributed by atoms with Gasteiger partial charge in [-0.15, -0.1) is 0 Å². The van der Waals surface area contributed by atoms with E-state index in [0.29, 0.717) is 11.8 Å². The Bertz CT molecular complexity index is 188. The standard InChI is InChI=1S/C10H15FO/c11-9-6-1-5-2-7(4-6)10(12)8(9)3-5/h5-10,12H,1-4H2/t5-,6+,7-,8+,9+,10+/m1/s1. The summed E-state index contributed by atoms with van der Waals surface area (Å²) < 4.78 is 13.6. The molecule has 2 heteroatoms. The molecule has 6 atom stereocenters. The molecule has 0 heterocycles. The lowest BCUT2D eigenvalue weighted by atomic mass is 9.54. The second-order valence-corrected chi connectivity index (χ2v) is 4.93. The van der Waals surface area contributed by atoms with Crippen molar-refractivity contribution < 1.29 is 9.50 Å². The third-order valence-electron chi connectivity index (χ3n) is 4.26. The van der Waals surface area contributed by atoms with Crippen molar-refractivity contribution in [3.63, 3.8) is 0 Å². The van der Waals surface area contributed by atoms with Gasteiger partial charge in [0.1, 0.15) is 6.17 Å². The van der Waals surface area contributed by atoms with Crippen LogP contribution in [0.5, 0.6) is 0 Å². The second kappa shape index (κ2) is 2.22. The number of alkyl halides is 1. The van der Waals surface area contributed by atoms with Crippen molar-refractivity contribution in [1.82, 2.24) is 0 Å². The third-order valence-corrected chi connectivity index (χ3v) is 4.26. The lowest BCUT2D eigenvalue weighted by Crippen LogP contribution is -2.54. The minimum atomic E-state index is -0.687. The van der Waals surface area contributed by atoms with Crippen molar-refractivity contribution in [1.29, 1.82) is 0 Å². The molecule has 0 aromatic carbocycles. The molecular weight excluding hydrogens is 155 g/mol. The van der Waals surface area contributed by atoms with Crippen LogP contribution in [0.15, 0.2) is 0 Å². The Morgan fingerprint density at radius 1 is 1.00 bits per heavy atom. The predicted molar refractivity (Wildman–Crippen MR) is 43.3 cm³/mol. The first kappa shape index (κ1) is 7.31. The summed E-state index contributed by atoms with van der Waals surface area (Å²) in [7, 11) is 0. The molecule has 4 fully saturated rings. The van der Waals surface area contributed by atoms with Gasteiger partial charge in [0, 0.05) is 5.92 Å². The zero-order valence-corrected chi connectivity index (χ0v) is 7.12. The van der Waals surface area contributed by atoms with Gasteiger partial charge in [0.25, 0.3) is 0 Å². The predicted octanol–water partition coefficient (Wildman–Crippen LogP) is 1.75. The Morgan fingerprint density at radius 3 is 2.58 bits per heavy atom. The molecule has 0 spiro atoms. The Balaban J connectivity index is 1.93. The molecule has 4 rings (SSSR count). The van der Waals surface area contributed by atoms with Crippen LogP contribution in [0, 0.1) is 23.7 Å². The summed E-state index contributed by atoms with van der Waals surface area (Å²) in [5.74, 6) is 1.49. The van der Waals surface area contributed by atoms with Crippen LogP contribution >= 0.6 is 0 Å². The van der Waals surface area contributed by atoms with Gasteiger partial charge in [-0.05, 0) is 43.4 Å². The normalized spacial score (nSPS) is 62.5. The van der Waals surface area contributed by atoms with Gasteiger partial charge in [-0.3, -0.25) is 0 Å². The van der Waals surface area contributed by atoms with E-state index in [9.17, 15) is 9.50 Å². The minimum Gasteiger partial charge on any atom is -0.392 e. The van der Waals surface area contributed by atoms with Crippen LogP contribution in [-0.2, 0) is 0 Å². The monoisotopic (exact) mass is 170 g/mol.